The Kier molecular flexibility index (Phi) is 5.39. The van der Waals surface area contributed by atoms with Crippen molar-refractivity contribution in [2.45, 2.75) is 18.9 Å². The number of ether oxygens (including phenoxy) is 1. The van der Waals surface area contributed by atoms with Crippen molar-refractivity contribution in [3.05, 3.63) is 58.9 Å². The molecule has 0 saturated heterocycles. The Bertz CT molecular complexity index is 545. The average Bonchev–Trinajstić information content (AvgIpc) is 2.48. The molecule has 0 aliphatic heterocycles. The van der Waals surface area contributed by atoms with Gasteiger partial charge in [0.25, 0.3) is 0 Å². The van der Waals surface area contributed by atoms with Crippen molar-refractivity contribution in [2.24, 2.45) is 0 Å². The third-order valence-electron chi connectivity index (χ3n) is 3.32. The van der Waals surface area contributed by atoms with Crippen molar-refractivity contribution >= 4 is 11.6 Å². The topological polar surface area (TPSA) is 34.2 Å². The van der Waals surface area contributed by atoms with Crippen molar-refractivity contribution in [1.29, 1.82) is 0 Å². The molecule has 0 bridgehead atoms. The minimum Gasteiger partial charge on any atom is -0.496 e. The third kappa shape index (κ3) is 3.95. The van der Waals surface area contributed by atoms with E-state index in [9.17, 15) is 0 Å². The Hall–Kier alpha value is -1.58. The maximum absolute atomic E-state index is 6.07. The molecule has 0 saturated carbocycles. The van der Waals surface area contributed by atoms with E-state index < -0.39 is 0 Å². The van der Waals surface area contributed by atoms with Crippen LogP contribution in [0.3, 0.4) is 0 Å². The fourth-order valence-electron chi connectivity index (χ4n) is 2.25. The summed E-state index contributed by atoms with van der Waals surface area (Å²) in [4.78, 5) is 4.15. The standard InChI is InChI=1S/C16H19ClN2O/c1-18-15(8-12-4-3-7-19-11-12)10-13-9-14(17)5-6-16(13)20-2/h3-7,9,11,15,18H,8,10H2,1-2H3. The first kappa shape index (κ1) is 14.8. The number of benzene rings is 1. The summed E-state index contributed by atoms with van der Waals surface area (Å²) in [5.41, 5.74) is 2.33. The SMILES string of the molecule is CNC(Cc1cccnc1)Cc1cc(Cl)ccc1OC. The fourth-order valence-corrected chi connectivity index (χ4v) is 2.45. The molecule has 0 amide bonds. The van der Waals surface area contributed by atoms with Gasteiger partial charge in [-0.3, -0.25) is 4.98 Å². The van der Waals surface area contributed by atoms with Crippen LogP contribution in [0.5, 0.6) is 5.75 Å². The van der Waals surface area contributed by atoms with E-state index >= 15 is 0 Å². The van der Waals surface area contributed by atoms with E-state index in [1.165, 1.54) is 5.56 Å². The minimum absolute atomic E-state index is 0.312. The van der Waals surface area contributed by atoms with E-state index in [4.69, 9.17) is 16.3 Å². The molecule has 1 unspecified atom stereocenters. The van der Waals surface area contributed by atoms with Gasteiger partial charge in [-0.15, -0.1) is 0 Å². The lowest BCUT2D eigenvalue weighted by molar-refractivity contribution is 0.406. The first-order valence-corrected chi connectivity index (χ1v) is 6.99. The highest BCUT2D eigenvalue weighted by atomic mass is 35.5. The largest absolute Gasteiger partial charge is 0.496 e. The molecule has 1 aromatic carbocycles. The van der Waals surface area contributed by atoms with Gasteiger partial charge in [0.1, 0.15) is 5.75 Å². The van der Waals surface area contributed by atoms with E-state index in [0.29, 0.717) is 6.04 Å². The highest BCUT2D eigenvalue weighted by molar-refractivity contribution is 6.30. The monoisotopic (exact) mass is 290 g/mol. The Morgan fingerprint density at radius 3 is 2.80 bits per heavy atom. The summed E-state index contributed by atoms with van der Waals surface area (Å²) in [5.74, 6) is 0.876. The molecule has 106 valence electrons. The van der Waals surface area contributed by atoms with Crippen LogP contribution in [0.2, 0.25) is 5.02 Å². The van der Waals surface area contributed by atoms with Gasteiger partial charge in [0.15, 0.2) is 0 Å². The third-order valence-corrected chi connectivity index (χ3v) is 3.56. The van der Waals surface area contributed by atoms with Crippen molar-refractivity contribution < 1.29 is 4.74 Å². The van der Waals surface area contributed by atoms with Crippen LogP contribution in [0, 0.1) is 0 Å². The van der Waals surface area contributed by atoms with Gasteiger partial charge in [-0.25, -0.2) is 0 Å². The van der Waals surface area contributed by atoms with Crippen molar-refractivity contribution in [1.82, 2.24) is 10.3 Å². The summed E-state index contributed by atoms with van der Waals surface area (Å²) >= 11 is 6.07. The first-order valence-electron chi connectivity index (χ1n) is 6.61. The number of halogens is 1. The number of hydrogen-bond acceptors (Lipinski definition) is 3. The molecule has 0 aliphatic carbocycles. The number of nitrogens with zero attached hydrogens (tertiary/aromatic N) is 1. The summed E-state index contributed by atoms with van der Waals surface area (Å²) in [6.45, 7) is 0. The molecular weight excluding hydrogens is 272 g/mol. The van der Waals surface area contributed by atoms with E-state index in [1.54, 1.807) is 13.3 Å². The second kappa shape index (κ2) is 7.27. The summed E-state index contributed by atoms with van der Waals surface area (Å²) in [6.07, 6.45) is 5.46. The fraction of sp³-hybridized carbons (Fsp3) is 0.312. The van der Waals surface area contributed by atoms with Crippen LogP contribution in [0.15, 0.2) is 42.7 Å². The summed E-state index contributed by atoms with van der Waals surface area (Å²) < 4.78 is 5.40. The van der Waals surface area contributed by atoms with Crippen LogP contribution in [-0.2, 0) is 12.8 Å². The van der Waals surface area contributed by atoms with Crippen LogP contribution in [0.4, 0.5) is 0 Å². The molecular formula is C16H19ClN2O. The number of methoxy groups -OCH3 is 1. The maximum Gasteiger partial charge on any atom is 0.122 e. The zero-order chi connectivity index (χ0) is 14.4. The number of hydrogen-bond donors (Lipinski definition) is 1. The van der Waals surface area contributed by atoms with E-state index in [-0.39, 0.29) is 0 Å². The lowest BCUT2D eigenvalue weighted by Crippen LogP contribution is -2.30. The first-order chi connectivity index (χ1) is 9.72. The van der Waals surface area contributed by atoms with Crippen molar-refractivity contribution in [3.63, 3.8) is 0 Å². The molecule has 2 aromatic rings. The molecule has 0 fully saturated rings. The number of pyridine rings is 1. The van der Waals surface area contributed by atoms with Crippen LogP contribution >= 0.6 is 11.6 Å². The molecule has 3 nitrogen and oxygen atoms in total. The molecule has 1 aromatic heterocycles. The van der Waals surface area contributed by atoms with Gasteiger partial charge in [0.05, 0.1) is 7.11 Å². The molecule has 4 heteroatoms. The van der Waals surface area contributed by atoms with E-state index in [0.717, 1.165) is 29.2 Å². The van der Waals surface area contributed by atoms with Gasteiger partial charge < -0.3 is 10.1 Å². The van der Waals surface area contributed by atoms with Crippen LogP contribution < -0.4 is 10.1 Å². The average molecular weight is 291 g/mol. The minimum atomic E-state index is 0.312. The Labute approximate surface area is 124 Å². The molecule has 20 heavy (non-hydrogen) atoms. The smallest absolute Gasteiger partial charge is 0.122 e. The second-order valence-electron chi connectivity index (χ2n) is 4.71. The van der Waals surface area contributed by atoms with Gasteiger partial charge in [-0.2, -0.15) is 0 Å². The molecule has 2 rings (SSSR count). The van der Waals surface area contributed by atoms with Crippen LogP contribution in [0.25, 0.3) is 0 Å². The maximum atomic E-state index is 6.07. The van der Waals surface area contributed by atoms with Crippen molar-refractivity contribution in [3.8, 4) is 5.75 Å². The Morgan fingerprint density at radius 1 is 1.30 bits per heavy atom. The van der Waals surface area contributed by atoms with Crippen molar-refractivity contribution in [2.75, 3.05) is 14.2 Å². The van der Waals surface area contributed by atoms with E-state index in [1.807, 2.05) is 37.5 Å². The zero-order valence-electron chi connectivity index (χ0n) is 11.8. The highest BCUT2D eigenvalue weighted by Gasteiger charge is 2.12. The molecule has 1 atom stereocenters. The number of aromatic nitrogens is 1. The Morgan fingerprint density at radius 2 is 2.15 bits per heavy atom. The lowest BCUT2D eigenvalue weighted by Gasteiger charge is -2.18. The normalized spacial score (nSPS) is 12.2. The van der Waals surface area contributed by atoms with Crippen LogP contribution in [-0.4, -0.2) is 25.2 Å². The lowest BCUT2D eigenvalue weighted by atomic mass is 9.99. The summed E-state index contributed by atoms with van der Waals surface area (Å²) in [6, 6.07) is 10.1. The number of likely N-dealkylation sites (N-methyl/N-ethyl adjacent to an activating group) is 1. The van der Waals surface area contributed by atoms with E-state index in [2.05, 4.69) is 16.4 Å². The molecule has 0 radical (unpaired) electrons. The molecule has 0 aliphatic rings. The van der Waals surface area contributed by atoms with Gasteiger partial charge >= 0.3 is 0 Å². The predicted octanol–water partition coefficient (Wildman–Crippen LogP) is 3.12. The summed E-state index contributed by atoms with van der Waals surface area (Å²) in [5, 5.41) is 4.08. The molecule has 1 N–H and O–H groups in total. The quantitative estimate of drug-likeness (QED) is 0.887. The van der Waals surface area contributed by atoms with Crippen LogP contribution in [0.1, 0.15) is 11.1 Å². The summed E-state index contributed by atoms with van der Waals surface area (Å²) in [7, 11) is 3.65. The highest BCUT2D eigenvalue weighted by Crippen LogP contribution is 2.24. The zero-order valence-corrected chi connectivity index (χ0v) is 12.5. The number of nitrogens with one attached hydrogen (secondary N) is 1. The van der Waals surface area contributed by atoms with Gasteiger partial charge in [0, 0.05) is 23.5 Å². The predicted molar refractivity (Wildman–Crippen MR) is 82.5 cm³/mol. The van der Waals surface area contributed by atoms with Gasteiger partial charge in [-0.1, -0.05) is 17.7 Å². The van der Waals surface area contributed by atoms with Gasteiger partial charge in [0.2, 0.25) is 0 Å². The molecule has 0 spiro atoms. The Balaban J connectivity index is 2.12. The molecule has 1 heterocycles. The van der Waals surface area contributed by atoms with Gasteiger partial charge in [-0.05, 0) is 55.3 Å². The number of rotatable bonds is 6. The second-order valence-corrected chi connectivity index (χ2v) is 5.15.